The molecule has 0 spiro atoms. The molecule has 0 N–H and O–H groups in total. The molecule has 4 fully saturated rings. The number of rotatable bonds is 11. The van der Waals surface area contributed by atoms with E-state index in [9.17, 15) is 52.7 Å². The Bertz CT molecular complexity index is 2250. The summed E-state index contributed by atoms with van der Waals surface area (Å²) >= 11 is 0. The van der Waals surface area contributed by atoms with E-state index in [1.807, 2.05) is 13.8 Å². The molecule has 8 rings (SSSR count). The molecule has 0 saturated carbocycles. The third-order valence-corrected chi connectivity index (χ3v) is 12.7. The highest BCUT2D eigenvalue weighted by Gasteiger charge is 2.45. The second-order valence-corrected chi connectivity index (χ2v) is 17.3. The average Bonchev–Trinajstić information content (AvgIpc) is 3.68. The lowest BCUT2D eigenvalue weighted by Gasteiger charge is -2.40. The summed E-state index contributed by atoms with van der Waals surface area (Å²) in [6.07, 6.45) is -4.09. The number of fused-ring (bicyclic) bond motifs is 4. The van der Waals surface area contributed by atoms with E-state index < -0.39 is 47.0 Å². The van der Waals surface area contributed by atoms with Gasteiger partial charge >= 0.3 is 24.7 Å². The van der Waals surface area contributed by atoms with Gasteiger partial charge in [-0.2, -0.15) is 52.7 Å². The van der Waals surface area contributed by atoms with Gasteiger partial charge in [-0.25, -0.2) is 9.97 Å². The first-order valence-electron chi connectivity index (χ1n) is 22.2. The Morgan fingerprint density at radius 1 is 0.545 bits per heavy atom. The number of alkyl halides is 12. The number of benzene rings is 2. The van der Waals surface area contributed by atoms with Gasteiger partial charge in [0.05, 0.1) is 22.3 Å². The summed E-state index contributed by atoms with van der Waals surface area (Å²) in [5.74, 6) is 1.92. The Labute approximate surface area is 375 Å². The van der Waals surface area contributed by atoms with Crippen LogP contribution in [0.15, 0.2) is 79.1 Å². The van der Waals surface area contributed by atoms with Crippen LogP contribution in [-0.4, -0.2) is 46.3 Å². The number of unbranched alkanes of at least 4 members (excludes halogenated alkanes) is 1. The van der Waals surface area contributed by atoms with Crippen molar-refractivity contribution in [3.05, 3.63) is 113 Å². The largest absolute Gasteiger partial charge is 0.490 e. The first-order valence-corrected chi connectivity index (χ1v) is 22.2. The van der Waals surface area contributed by atoms with Gasteiger partial charge in [0.2, 0.25) is 0 Å². The zero-order valence-corrected chi connectivity index (χ0v) is 36.2. The zero-order valence-electron chi connectivity index (χ0n) is 36.2. The van der Waals surface area contributed by atoms with E-state index in [1.54, 1.807) is 12.2 Å². The van der Waals surface area contributed by atoms with Crippen LogP contribution < -0.4 is 19.3 Å². The molecule has 4 aliphatic rings. The molecule has 6 heterocycles. The number of aromatic nitrogens is 2. The minimum Gasteiger partial charge on any atom is -0.490 e. The second kappa shape index (κ2) is 19.6. The van der Waals surface area contributed by atoms with Gasteiger partial charge in [-0.1, -0.05) is 32.4 Å². The maximum atomic E-state index is 13.2. The van der Waals surface area contributed by atoms with Gasteiger partial charge in [0.1, 0.15) is 35.3 Å². The van der Waals surface area contributed by atoms with Crippen LogP contribution in [0.1, 0.15) is 118 Å². The second-order valence-electron chi connectivity index (χ2n) is 17.3. The summed E-state index contributed by atoms with van der Waals surface area (Å²) in [4.78, 5) is 12.2. The summed E-state index contributed by atoms with van der Waals surface area (Å²) in [7, 11) is 0. The van der Waals surface area contributed by atoms with E-state index in [0.29, 0.717) is 72.8 Å². The van der Waals surface area contributed by atoms with Crippen LogP contribution >= 0.6 is 0 Å². The molecule has 358 valence electrons. The Balaban J connectivity index is 0.000000196. The molecule has 4 saturated heterocycles. The smallest absolute Gasteiger partial charge is 0.417 e. The van der Waals surface area contributed by atoms with Gasteiger partial charge in [0, 0.05) is 67.8 Å². The Hall–Kier alpha value is -5.16. The number of piperidine rings is 2. The lowest BCUT2D eigenvalue weighted by atomic mass is 9.98. The van der Waals surface area contributed by atoms with Crippen LogP contribution in [0, 0.1) is 0 Å². The molecule has 4 aliphatic heterocycles. The van der Waals surface area contributed by atoms with E-state index in [-0.39, 0.29) is 36.4 Å². The highest BCUT2D eigenvalue weighted by molar-refractivity contribution is 5.59. The number of hydrogen-bond acceptors (Lipinski definition) is 6. The van der Waals surface area contributed by atoms with Crippen molar-refractivity contribution in [3.8, 4) is 11.5 Å². The molecule has 0 amide bonds. The van der Waals surface area contributed by atoms with Crippen LogP contribution in [0.3, 0.4) is 0 Å². The van der Waals surface area contributed by atoms with Crippen molar-refractivity contribution in [2.75, 3.05) is 9.80 Å². The molecule has 0 aliphatic carbocycles. The van der Waals surface area contributed by atoms with Crippen LogP contribution in [-0.2, 0) is 31.1 Å². The zero-order chi connectivity index (χ0) is 47.6. The van der Waals surface area contributed by atoms with E-state index in [4.69, 9.17) is 9.47 Å². The number of hydrogen-bond donors (Lipinski definition) is 0. The lowest BCUT2D eigenvalue weighted by Crippen LogP contribution is -2.47. The van der Waals surface area contributed by atoms with E-state index in [1.165, 1.54) is 30.3 Å². The molecule has 4 bridgehead atoms. The first-order chi connectivity index (χ1) is 31.1. The molecule has 2 aromatic heterocycles. The molecule has 18 heteroatoms. The van der Waals surface area contributed by atoms with Crippen LogP contribution in [0.5, 0.6) is 11.5 Å². The first kappa shape index (κ1) is 48.8. The van der Waals surface area contributed by atoms with Gasteiger partial charge < -0.3 is 19.3 Å². The van der Waals surface area contributed by atoms with Crippen molar-refractivity contribution >= 4 is 17.7 Å². The minimum absolute atomic E-state index is 0.0575. The SMILES string of the molecule is CC/C=C\c1cc(C(F)(F)F)ccc1OC1C[C@H]2CC[C@@H](C1)N2c1ccc(C(F)(F)F)cn1.CCCCc1cc(C(F)(F)F)ccc1OC1C[C@H]2CC[C@@H](C1)N2c1ccc(C(F)(F)F)cn1. The summed E-state index contributed by atoms with van der Waals surface area (Å²) in [5.41, 5.74) is -2.03. The van der Waals surface area contributed by atoms with Crippen molar-refractivity contribution < 1.29 is 62.2 Å². The highest BCUT2D eigenvalue weighted by atomic mass is 19.4. The molecule has 2 aromatic carbocycles. The molecule has 66 heavy (non-hydrogen) atoms. The van der Waals surface area contributed by atoms with Gasteiger partial charge in [0.25, 0.3) is 0 Å². The van der Waals surface area contributed by atoms with E-state index in [2.05, 4.69) is 19.8 Å². The number of ether oxygens (including phenoxy) is 2. The van der Waals surface area contributed by atoms with E-state index >= 15 is 0 Å². The third kappa shape index (κ3) is 11.5. The monoisotopic (exact) mass is 942 g/mol. The highest BCUT2D eigenvalue weighted by Crippen LogP contribution is 2.44. The predicted molar refractivity (Wildman–Crippen MR) is 225 cm³/mol. The van der Waals surface area contributed by atoms with E-state index in [0.717, 1.165) is 81.3 Å². The normalized spacial score (nSPS) is 23.2. The van der Waals surface area contributed by atoms with Gasteiger partial charge in [-0.3, -0.25) is 0 Å². The molecule has 6 atom stereocenters. The minimum atomic E-state index is -4.44. The van der Waals surface area contributed by atoms with Gasteiger partial charge in [-0.15, -0.1) is 0 Å². The maximum Gasteiger partial charge on any atom is 0.417 e. The Morgan fingerprint density at radius 2 is 0.955 bits per heavy atom. The number of nitrogens with zero attached hydrogens (tertiary/aromatic N) is 4. The molecular formula is C48H50F12N4O2. The van der Waals surface area contributed by atoms with Crippen LogP contribution in [0.4, 0.5) is 64.3 Å². The summed E-state index contributed by atoms with van der Waals surface area (Å²) in [6, 6.07) is 12.3. The molecule has 2 unspecified atom stereocenters. The maximum absolute atomic E-state index is 13.2. The van der Waals surface area contributed by atoms with Crippen molar-refractivity contribution in [1.29, 1.82) is 0 Å². The van der Waals surface area contributed by atoms with Crippen molar-refractivity contribution in [1.82, 2.24) is 9.97 Å². The fourth-order valence-corrected chi connectivity index (χ4v) is 9.61. The molecular weight excluding hydrogens is 893 g/mol. The Kier molecular flexibility index (Phi) is 14.5. The Morgan fingerprint density at radius 3 is 1.35 bits per heavy atom. The number of halogens is 12. The fraction of sp³-hybridized carbons (Fsp3) is 0.500. The summed E-state index contributed by atoms with van der Waals surface area (Å²) in [6.45, 7) is 3.88. The van der Waals surface area contributed by atoms with Crippen molar-refractivity contribution in [2.24, 2.45) is 0 Å². The standard InChI is InChI=1S/C24H26F6N2O.C24H24F6N2O/c2*1-2-3-4-15-11-16(23(25,26)27)5-9-21(15)33-20-12-18-7-8-19(13-20)32(18)22-10-6-17(14-31-22)24(28,29)30/h5-6,9-11,14,18-20H,2-4,7-8,12-13H2,1H3;3-6,9-11,14,18-20H,2,7-8,12-13H2,1H3/b;4-3-/t2*18-,19+,20?. The van der Waals surface area contributed by atoms with Gasteiger partial charge in [0.15, 0.2) is 0 Å². The molecule has 0 radical (unpaired) electrons. The summed E-state index contributed by atoms with van der Waals surface area (Å²) in [5, 5.41) is 0. The number of allylic oxidation sites excluding steroid dienone is 1. The number of anilines is 2. The number of aryl methyl sites for hydroxylation is 1. The lowest BCUT2D eigenvalue weighted by molar-refractivity contribution is -0.138. The predicted octanol–water partition coefficient (Wildman–Crippen LogP) is 14.2. The summed E-state index contributed by atoms with van der Waals surface area (Å²) < 4.78 is 168. The topological polar surface area (TPSA) is 50.7 Å². The average molecular weight is 943 g/mol. The van der Waals surface area contributed by atoms with Crippen molar-refractivity contribution in [2.45, 2.75) is 152 Å². The van der Waals surface area contributed by atoms with Crippen LogP contribution in [0.2, 0.25) is 0 Å². The van der Waals surface area contributed by atoms with Gasteiger partial charge in [-0.05, 0) is 111 Å². The molecule has 4 aromatic rings. The third-order valence-electron chi connectivity index (χ3n) is 12.7. The fourth-order valence-electron chi connectivity index (χ4n) is 9.61. The van der Waals surface area contributed by atoms with Crippen molar-refractivity contribution in [3.63, 3.8) is 0 Å². The quantitative estimate of drug-likeness (QED) is 0.140. The van der Waals surface area contributed by atoms with Crippen LogP contribution in [0.25, 0.3) is 6.08 Å². The number of pyridine rings is 2. The molecule has 6 nitrogen and oxygen atoms in total.